The third-order valence-corrected chi connectivity index (χ3v) is 4.76. The van der Waals surface area contributed by atoms with Gasteiger partial charge in [0.25, 0.3) is 5.91 Å². The standard InChI is InChI=1S/C13H14B2FN3O5/c14-13(2-1-10(20)18(15)12(13)22)17-5-8-7(11(17)21)3-6(16)4-9(8)19(23)24/h3-4,23-24H,1-2,5,14-15H2. The second-order valence-electron chi connectivity index (χ2n) is 6.16. The van der Waals surface area contributed by atoms with Gasteiger partial charge < -0.3 is 9.71 Å². The van der Waals surface area contributed by atoms with Gasteiger partial charge in [0.1, 0.15) is 19.4 Å². The van der Waals surface area contributed by atoms with E-state index in [1.54, 1.807) is 7.85 Å². The SMILES string of the molecule is BN1C(=O)CCC(B)(N2Cc3c(cc(F)cc3N(O)O)C2=O)C1=O. The van der Waals surface area contributed by atoms with E-state index in [0.717, 1.165) is 16.9 Å². The molecule has 11 heteroatoms. The van der Waals surface area contributed by atoms with Crippen molar-refractivity contribution < 1.29 is 29.2 Å². The zero-order valence-electron chi connectivity index (χ0n) is 13.1. The highest BCUT2D eigenvalue weighted by Gasteiger charge is 2.50. The highest BCUT2D eigenvalue weighted by Crippen LogP contribution is 2.38. The van der Waals surface area contributed by atoms with Crippen molar-refractivity contribution in [3.8, 4) is 0 Å². The zero-order chi connectivity index (χ0) is 17.8. The first-order valence-corrected chi connectivity index (χ1v) is 7.30. The predicted octanol–water partition coefficient (Wildman–Crippen LogP) is -1.61. The summed E-state index contributed by atoms with van der Waals surface area (Å²) in [6.45, 7) is -0.0916. The Morgan fingerprint density at radius 1 is 1.25 bits per heavy atom. The summed E-state index contributed by atoms with van der Waals surface area (Å²) in [5, 5.41) is 18.3. The van der Waals surface area contributed by atoms with Crippen molar-refractivity contribution in [2.24, 2.45) is 0 Å². The molecule has 0 aliphatic carbocycles. The summed E-state index contributed by atoms with van der Waals surface area (Å²) < 4.78 is 13.7. The van der Waals surface area contributed by atoms with Crippen LogP contribution in [0.2, 0.25) is 0 Å². The number of hydrogen-bond acceptors (Lipinski definition) is 6. The van der Waals surface area contributed by atoms with E-state index >= 15 is 0 Å². The number of piperidine rings is 1. The second kappa shape index (κ2) is 5.32. The largest absolute Gasteiger partial charge is 0.335 e. The van der Waals surface area contributed by atoms with Crippen molar-refractivity contribution in [3.63, 3.8) is 0 Å². The first-order valence-electron chi connectivity index (χ1n) is 7.30. The number of rotatable bonds is 2. The van der Waals surface area contributed by atoms with Gasteiger partial charge in [-0.2, -0.15) is 0 Å². The maximum Gasteiger partial charge on any atom is 0.254 e. The quantitative estimate of drug-likeness (QED) is 0.384. The van der Waals surface area contributed by atoms with E-state index in [2.05, 4.69) is 0 Å². The first-order chi connectivity index (χ1) is 11.2. The highest BCUT2D eigenvalue weighted by molar-refractivity contribution is 6.38. The fourth-order valence-electron chi connectivity index (χ4n) is 3.28. The average molecular weight is 333 g/mol. The lowest BCUT2D eigenvalue weighted by atomic mass is 9.68. The monoisotopic (exact) mass is 333 g/mol. The molecule has 2 heterocycles. The van der Waals surface area contributed by atoms with Crippen LogP contribution in [0.4, 0.5) is 10.1 Å². The van der Waals surface area contributed by atoms with Gasteiger partial charge in [0.2, 0.25) is 19.8 Å². The number of anilines is 1. The number of hydrogen-bond donors (Lipinski definition) is 2. The Bertz CT molecular complexity index is 774. The molecule has 0 radical (unpaired) electrons. The Labute approximate surface area is 138 Å². The Hall–Kier alpha value is -2.39. The van der Waals surface area contributed by atoms with Crippen LogP contribution in [0, 0.1) is 5.82 Å². The minimum Gasteiger partial charge on any atom is -0.335 e. The lowest BCUT2D eigenvalue weighted by molar-refractivity contribution is -0.147. The Morgan fingerprint density at radius 2 is 1.92 bits per heavy atom. The predicted molar refractivity (Wildman–Crippen MR) is 83.2 cm³/mol. The molecule has 2 aliphatic heterocycles. The Morgan fingerprint density at radius 3 is 2.54 bits per heavy atom. The molecule has 1 aromatic rings. The molecule has 0 saturated carbocycles. The molecule has 3 rings (SSSR count). The molecular weight excluding hydrogens is 319 g/mol. The van der Waals surface area contributed by atoms with Crippen LogP contribution in [0.1, 0.15) is 28.8 Å². The second-order valence-corrected chi connectivity index (χ2v) is 6.16. The van der Waals surface area contributed by atoms with Gasteiger partial charge in [-0.15, -0.1) is 5.23 Å². The van der Waals surface area contributed by atoms with Crippen molar-refractivity contribution in [2.75, 3.05) is 5.23 Å². The Kier molecular flexibility index (Phi) is 3.65. The molecular formula is C13H14B2FN3O5. The molecule has 2 aliphatic rings. The number of imide groups is 1. The average Bonchev–Trinajstić information content (AvgIpc) is 2.86. The van der Waals surface area contributed by atoms with Gasteiger partial charge in [-0.25, -0.2) is 4.39 Å². The Balaban J connectivity index is 2.04. The summed E-state index contributed by atoms with van der Waals surface area (Å²) in [7, 11) is 2.90. The summed E-state index contributed by atoms with van der Waals surface area (Å²) in [4.78, 5) is 39.1. The van der Waals surface area contributed by atoms with Crippen LogP contribution in [-0.4, -0.2) is 59.1 Å². The van der Waals surface area contributed by atoms with E-state index in [0.29, 0.717) is 0 Å². The number of carbonyl (C=O) groups excluding carboxylic acids is 3. The van der Waals surface area contributed by atoms with Crippen LogP contribution in [0.15, 0.2) is 12.1 Å². The number of amides is 3. The van der Waals surface area contributed by atoms with E-state index < -0.39 is 23.1 Å². The van der Waals surface area contributed by atoms with E-state index in [-0.39, 0.29) is 47.3 Å². The summed E-state index contributed by atoms with van der Waals surface area (Å²) >= 11 is 0. The number of halogens is 1. The van der Waals surface area contributed by atoms with Crippen molar-refractivity contribution >= 4 is 39.2 Å². The minimum atomic E-state index is -1.26. The third kappa shape index (κ3) is 2.20. The molecule has 124 valence electrons. The van der Waals surface area contributed by atoms with Crippen molar-refractivity contribution in [1.29, 1.82) is 0 Å². The molecule has 1 saturated heterocycles. The van der Waals surface area contributed by atoms with Crippen LogP contribution in [0.5, 0.6) is 0 Å². The smallest absolute Gasteiger partial charge is 0.254 e. The fraction of sp³-hybridized carbons (Fsp3) is 0.308. The summed E-state index contributed by atoms with van der Waals surface area (Å²) in [5.74, 6) is -2.25. The topological polar surface area (TPSA) is 101 Å². The number of carbonyl (C=O) groups is 3. The molecule has 8 nitrogen and oxygen atoms in total. The highest BCUT2D eigenvalue weighted by atomic mass is 19.1. The summed E-state index contributed by atoms with van der Waals surface area (Å²) in [6.07, 6.45) is 0.251. The van der Waals surface area contributed by atoms with Gasteiger partial charge in [-0.1, -0.05) is 0 Å². The van der Waals surface area contributed by atoms with Crippen LogP contribution >= 0.6 is 0 Å². The van der Waals surface area contributed by atoms with Gasteiger partial charge in [-0.05, 0) is 12.5 Å². The molecule has 1 fully saturated rings. The number of fused-ring (bicyclic) bond motifs is 1. The van der Waals surface area contributed by atoms with Gasteiger partial charge in [0.05, 0.1) is 5.44 Å². The molecule has 0 spiro atoms. The molecule has 1 unspecified atom stereocenters. The normalized spacial score (nSPS) is 23.7. The first kappa shape index (κ1) is 16.5. The summed E-state index contributed by atoms with van der Waals surface area (Å²) in [6, 6.07) is 1.88. The summed E-state index contributed by atoms with van der Waals surface area (Å²) in [5.41, 5.74) is -1.36. The third-order valence-electron chi connectivity index (χ3n) is 4.76. The van der Waals surface area contributed by atoms with Crippen molar-refractivity contribution in [2.45, 2.75) is 24.8 Å². The van der Waals surface area contributed by atoms with Crippen LogP contribution in [-0.2, 0) is 16.1 Å². The van der Waals surface area contributed by atoms with E-state index in [1.807, 2.05) is 0 Å². The van der Waals surface area contributed by atoms with Crippen molar-refractivity contribution in [1.82, 2.24) is 9.71 Å². The van der Waals surface area contributed by atoms with Gasteiger partial charge in [0.15, 0.2) is 0 Å². The van der Waals surface area contributed by atoms with Crippen molar-refractivity contribution in [3.05, 3.63) is 29.1 Å². The van der Waals surface area contributed by atoms with Crippen LogP contribution in [0.3, 0.4) is 0 Å². The van der Waals surface area contributed by atoms with E-state index in [1.165, 1.54) is 12.9 Å². The van der Waals surface area contributed by atoms with Gasteiger partial charge in [0, 0.05) is 30.2 Å². The fourth-order valence-corrected chi connectivity index (χ4v) is 3.28. The van der Waals surface area contributed by atoms with E-state index in [4.69, 9.17) is 0 Å². The molecule has 0 aromatic heterocycles. The van der Waals surface area contributed by atoms with Crippen LogP contribution in [0.25, 0.3) is 0 Å². The molecule has 1 aromatic carbocycles. The van der Waals surface area contributed by atoms with Crippen LogP contribution < -0.4 is 5.23 Å². The number of nitrogens with zero attached hydrogens (tertiary/aromatic N) is 3. The number of benzene rings is 1. The van der Waals surface area contributed by atoms with Gasteiger partial charge in [-0.3, -0.25) is 24.8 Å². The maximum absolute atomic E-state index is 13.7. The maximum atomic E-state index is 13.7. The molecule has 3 amide bonds. The van der Waals surface area contributed by atoms with E-state index in [9.17, 15) is 29.2 Å². The minimum absolute atomic E-state index is 0.0355. The zero-order valence-corrected chi connectivity index (χ0v) is 13.1. The van der Waals surface area contributed by atoms with Gasteiger partial charge >= 0.3 is 0 Å². The molecule has 1 atom stereocenters. The molecule has 0 bridgehead atoms. The molecule has 24 heavy (non-hydrogen) atoms. The lowest BCUT2D eigenvalue weighted by Crippen LogP contribution is -2.64. The lowest BCUT2D eigenvalue weighted by Gasteiger charge is -2.43. The molecule has 2 N–H and O–H groups in total.